The van der Waals surface area contributed by atoms with E-state index in [4.69, 9.17) is 9.15 Å². The summed E-state index contributed by atoms with van der Waals surface area (Å²) >= 11 is 0. The molecular formula is C14H15NO4. The van der Waals surface area contributed by atoms with Crippen LogP contribution in [0, 0.1) is 6.92 Å². The number of carbonyl (C=O) groups is 1. The van der Waals surface area contributed by atoms with Gasteiger partial charge in [-0.15, -0.1) is 0 Å². The minimum Gasteiger partial charge on any atom is -0.484 e. The number of amides is 1. The zero-order valence-electron chi connectivity index (χ0n) is 10.9. The van der Waals surface area contributed by atoms with Gasteiger partial charge in [-0.25, -0.2) is 4.79 Å². The smallest absolute Gasteiger partial charge is 0.336 e. The lowest BCUT2D eigenvalue weighted by Crippen LogP contribution is -2.28. The molecule has 0 aliphatic rings. The summed E-state index contributed by atoms with van der Waals surface area (Å²) < 4.78 is 10.4. The first kappa shape index (κ1) is 13.1. The highest BCUT2D eigenvalue weighted by Gasteiger charge is 2.05. The molecule has 5 heteroatoms. The fourth-order valence-corrected chi connectivity index (χ4v) is 1.79. The van der Waals surface area contributed by atoms with E-state index in [0.717, 1.165) is 10.9 Å². The van der Waals surface area contributed by atoms with E-state index in [2.05, 4.69) is 5.32 Å². The molecule has 0 saturated carbocycles. The van der Waals surface area contributed by atoms with Crippen molar-refractivity contribution in [3.63, 3.8) is 0 Å². The van der Waals surface area contributed by atoms with Crippen LogP contribution in [0.4, 0.5) is 0 Å². The molecule has 0 spiro atoms. The quantitative estimate of drug-likeness (QED) is 0.849. The standard InChI is InChI=1S/C14H15NO4/c1-3-15-13(16)8-18-10-4-5-11-9(2)6-14(17)19-12(11)7-10/h4-7H,3,8H2,1-2H3,(H,15,16). The van der Waals surface area contributed by atoms with Crippen molar-refractivity contribution in [1.29, 1.82) is 0 Å². The van der Waals surface area contributed by atoms with Crippen LogP contribution in [-0.4, -0.2) is 19.1 Å². The van der Waals surface area contributed by atoms with E-state index < -0.39 is 5.63 Å². The Morgan fingerprint density at radius 1 is 1.37 bits per heavy atom. The fraction of sp³-hybridized carbons (Fsp3) is 0.286. The first-order valence-corrected chi connectivity index (χ1v) is 6.04. The summed E-state index contributed by atoms with van der Waals surface area (Å²) in [5.41, 5.74) is 0.908. The van der Waals surface area contributed by atoms with Crippen LogP contribution in [-0.2, 0) is 4.79 Å². The molecule has 0 aliphatic carbocycles. The van der Waals surface area contributed by atoms with E-state index in [1.165, 1.54) is 6.07 Å². The molecule has 0 radical (unpaired) electrons. The van der Waals surface area contributed by atoms with Crippen molar-refractivity contribution in [3.8, 4) is 5.75 Å². The topological polar surface area (TPSA) is 68.5 Å². The lowest BCUT2D eigenvalue weighted by atomic mass is 10.1. The van der Waals surface area contributed by atoms with E-state index >= 15 is 0 Å². The van der Waals surface area contributed by atoms with Crippen LogP contribution in [0.15, 0.2) is 33.5 Å². The molecule has 0 saturated heterocycles. The van der Waals surface area contributed by atoms with Crippen LogP contribution >= 0.6 is 0 Å². The van der Waals surface area contributed by atoms with Gasteiger partial charge in [0.25, 0.3) is 5.91 Å². The predicted molar refractivity (Wildman–Crippen MR) is 71.4 cm³/mol. The van der Waals surface area contributed by atoms with Gasteiger partial charge in [0.15, 0.2) is 6.61 Å². The maximum atomic E-state index is 11.3. The van der Waals surface area contributed by atoms with Gasteiger partial charge in [-0.1, -0.05) is 0 Å². The van der Waals surface area contributed by atoms with E-state index in [-0.39, 0.29) is 12.5 Å². The number of aryl methyl sites for hydroxylation is 1. The molecule has 0 atom stereocenters. The van der Waals surface area contributed by atoms with Crippen molar-refractivity contribution in [2.75, 3.05) is 13.2 Å². The highest BCUT2D eigenvalue weighted by atomic mass is 16.5. The van der Waals surface area contributed by atoms with Crippen molar-refractivity contribution in [2.24, 2.45) is 0 Å². The van der Waals surface area contributed by atoms with Crippen molar-refractivity contribution in [2.45, 2.75) is 13.8 Å². The molecule has 0 fully saturated rings. The molecule has 5 nitrogen and oxygen atoms in total. The van der Waals surface area contributed by atoms with Crippen LogP contribution in [0.5, 0.6) is 5.75 Å². The Morgan fingerprint density at radius 3 is 2.89 bits per heavy atom. The van der Waals surface area contributed by atoms with Crippen LogP contribution < -0.4 is 15.7 Å². The Morgan fingerprint density at radius 2 is 2.16 bits per heavy atom. The zero-order chi connectivity index (χ0) is 13.8. The molecule has 1 amide bonds. The lowest BCUT2D eigenvalue weighted by molar-refractivity contribution is -0.122. The van der Waals surface area contributed by atoms with Gasteiger partial charge < -0.3 is 14.5 Å². The maximum absolute atomic E-state index is 11.3. The second-order valence-corrected chi connectivity index (χ2v) is 4.15. The van der Waals surface area contributed by atoms with Gasteiger partial charge in [-0.2, -0.15) is 0 Å². The second kappa shape index (κ2) is 5.56. The average Bonchev–Trinajstić information content (AvgIpc) is 2.36. The number of likely N-dealkylation sites (N-methyl/N-ethyl adjacent to an activating group) is 1. The Kier molecular flexibility index (Phi) is 3.85. The third kappa shape index (κ3) is 3.13. The molecule has 1 heterocycles. The molecule has 2 aromatic rings. The minimum absolute atomic E-state index is 0.0601. The van der Waals surface area contributed by atoms with Crippen molar-refractivity contribution >= 4 is 16.9 Å². The number of hydrogen-bond acceptors (Lipinski definition) is 4. The molecule has 0 aliphatic heterocycles. The molecule has 0 bridgehead atoms. The number of ether oxygens (including phenoxy) is 1. The van der Waals surface area contributed by atoms with Crippen LogP contribution in [0.2, 0.25) is 0 Å². The third-order valence-electron chi connectivity index (χ3n) is 2.67. The van der Waals surface area contributed by atoms with Gasteiger partial charge in [-0.05, 0) is 31.5 Å². The first-order valence-electron chi connectivity index (χ1n) is 6.04. The highest BCUT2D eigenvalue weighted by Crippen LogP contribution is 2.22. The van der Waals surface area contributed by atoms with E-state index in [9.17, 15) is 9.59 Å². The molecule has 19 heavy (non-hydrogen) atoms. The van der Waals surface area contributed by atoms with Crippen molar-refractivity contribution < 1.29 is 13.9 Å². The summed E-state index contributed by atoms with van der Waals surface area (Å²) in [6, 6.07) is 6.61. The van der Waals surface area contributed by atoms with E-state index in [0.29, 0.717) is 17.9 Å². The van der Waals surface area contributed by atoms with Gasteiger partial charge >= 0.3 is 5.63 Å². The van der Waals surface area contributed by atoms with Gasteiger partial charge in [0.05, 0.1) is 0 Å². The number of benzene rings is 1. The Hall–Kier alpha value is -2.30. The molecule has 1 N–H and O–H groups in total. The minimum atomic E-state index is -0.397. The summed E-state index contributed by atoms with van der Waals surface area (Å²) in [6.07, 6.45) is 0. The van der Waals surface area contributed by atoms with Crippen molar-refractivity contribution in [3.05, 3.63) is 40.2 Å². The van der Waals surface area contributed by atoms with Crippen LogP contribution in [0.1, 0.15) is 12.5 Å². The largest absolute Gasteiger partial charge is 0.484 e. The third-order valence-corrected chi connectivity index (χ3v) is 2.67. The lowest BCUT2D eigenvalue weighted by Gasteiger charge is -2.07. The summed E-state index contributed by atoms with van der Waals surface area (Å²) in [4.78, 5) is 22.6. The van der Waals surface area contributed by atoms with Crippen LogP contribution in [0.3, 0.4) is 0 Å². The molecular weight excluding hydrogens is 246 g/mol. The molecule has 0 unspecified atom stereocenters. The summed E-state index contributed by atoms with van der Waals surface area (Å²) in [5, 5.41) is 3.49. The Labute approximate surface area is 110 Å². The monoisotopic (exact) mass is 261 g/mol. The molecule has 1 aromatic carbocycles. The first-order chi connectivity index (χ1) is 9.10. The Balaban J connectivity index is 2.22. The Bertz CT molecular complexity index is 660. The van der Waals surface area contributed by atoms with E-state index in [1.807, 2.05) is 13.8 Å². The average molecular weight is 261 g/mol. The molecule has 2 rings (SSSR count). The van der Waals surface area contributed by atoms with Gasteiger partial charge in [0.1, 0.15) is 11.3 Å². The summed E-state index contributed by atoms with van der Waals surface area (Å²) in [6.45, 7) is 4.18. The van der Waals surface area contributed by atoms with Crippen molar-refractivity contribution in [1.82, 2.24) is 5.32 Å². The van der Waals surface area contributed by atoms with Gasteiger partial charge in [-0.3, -0.25) is 4.79 Å². The number of nitrogens with one attached hydrogen (secondary N) is 1. The van der Waals surface area contributed by atoms with Crippen LogP contribution in [0.25, 0.3) is 11.0 Å². The van der Waals surface area contributed by atoms with E-state index in [1.54, 1.807) is 18.2 Å². The highest BCUT2D eigenvalue weighted by molar-refractivity contribution is 5.81. The predicted octanol–water partition coefficient (Wildman–Crippen LogP) is 1.62. The normalized spacial score (nSPS) is 10.4. The summed E-state index contributed by atoms with van der Waals surface area (Å²) in [5.74, 6) is 0.306. The van der Waals surface area contributed by atoms with Gasteiger partial charge in [0, 0.05) is 24.1 Å². The molecule has 1 aromatic heterocycles. The molecule has 100 valence electrons. The number of hydrogen-bond donors (Lipinski definition) is 1. The fourth-order valence-electron chi connectivity index (χ4n) is 1.79. The summed E-state index contributed by atoms with van der Waals surface area (Å²) in [7, 11) is 0. The maximum Gasteiger partial charge on any atom is 0.336 e. The second-order valence-electron chi connectivity index (χ2n) is 4.15. The van der Waals surface area contributed by atoms with Gasteiger partial charge in [0.2, 0.25) is 0 Å². The zero-order valence-corrected chi connectivity index (χ0v) is 10.9. The number of fused-ring (bicyclic) bond motifs is 1. The number of rotatable bonds is 4. The number of carbonyl (C=O) groups excluding carboxylic acids is 1. The SMILES string of the molecule is CCNC(=O)COc1ccc2c(C)cc(=O)oc2c1.